The molecule has 27 heavy (non-hydrogen) atoms. The lowest BCUT2D eigenvalue weighted by Gasteiger charge is -2.23. The highest BCUT2D eigenvalue weighted by molar-refractivity contribution is 5.91. The third-order valence-corrected chi connectivity index (χ3v) is 3.91. The van der Waals surface area contributed by atoms with Gasteiger partial charge in [0.25, 0.3) is 0 Å². The van der Waals surface area contributed by atoms with Crippen molar-refractivity contribution in [3.05, 3.63) is 35.9 Å². The zero-order valence-corrected chi connectivity index (χ0v) is 15.9. The van der Waals surface area contributed by atoms with Gasteiger partial charge in [-0.2, -0.15) is 0 Å². The summed E-state index contributed by atoms with van der Waals surface area (Å²) in [4.78, 5) is 47.6. The maximum absolute atomic E-state index is 12.6. The van der Waals surface area contributed by atoms with Crippen LogP contribution in [0, 0.1) is 5.92 Å². The van der Waals surface area contributed by atoms with E-state index in [0.29, 0.717) is 0 Å². The van der Waals surface area contributed by atoms with Gasteiger partial charge >= 0.3 is 5.97 Å². The Labute approximate surface area is 158 Å². The standard InChI is InChI=1S/C19H27N3O5/c1-4-27-19(26)12(2)10-15(17(20)24)22-18(25)16(21-13(3)23)11-14-8-6-5-7-9-14/h5-9,12,15-16H,4,10-11H2,1-3H3,(H2,20,24)(H,21,23)(H,22,25)/t12-,15-,16+/m1/s1. The number of ether oxygens (including phenoxy) is 1. The molecule has 0 aliphatic heterocycles. The van der Waals surface area contributed by atoms with Crippen molar-refractivity contribution >= 4 is 23.7 Å². The second-order valence-electron chi connectivity index (χ2n) is 6.30. The largest absolute Gasteiger partial charge is 0.466 e. The molecule has 0 radical (unpaired) electrons. The summed E-state index contributed by atoms with van der Waals surface area (Å²) < 4.78 is 4.91. The van der Waals surface area contributed by atoms with Gasteiger partial charge < -0.3 is 21.1 Å². The van der Waals surface area contributed by atoms with Gasteiger partial charge in [-0.05, 0) is 18.9 Å². The number of nitrogens with one attached hydrogen (secondary N) is 2. The predicted molar refractivity (Wildman–Crippen MR) is 99.3 cm³/mol. The van der Waals surface area contributed by atoms with Crippen molar-refractivity contribution < 1.29 is 23.9 Å². The van der Waals surface area contributed by atoms with E-state index in [9.17, 15) is 19.2 Å². The average molecular weight is 377 g/mol. The third-order valence-electron chi connectivity index (χ3n) is 3.91. The molecule has 148 valence electrons. The Kier molecular flexibility index (Phi) is 8.98. The van der Waals surface area contributed by atoms with E-state index >= 15 is 0 Å². The zero-order chi connectivity index (χ0) is 20.4. The van der Waals surface area contributed by atoms with Gasteiger partial charge in [0.15, 0.2) is 0 Å². The molecular formula is C19H27N3O5. The molecule has 0 unspecified atom stereocenters. The summed E-state index contributed by atoms with van der Waals surface area (Å²) in [6.45, 7) is 4.80. The minimum Gasteiger partial charge on any atom is -0.466 e. The Bertz CT molecular complexity index is 663. The number of primary amides is 1. The lowest BCUT2D eigenvalue weighted by molar-refractivity contribution is -0.148. The first-order valence-electron chi connectivity index (χ1n) is 8.81. The van der Waals surface area contributed by atoms with Gasteiger partial charge in [-0.1, -0.05) is 37.3 Å². The highest BCUT2D eigenvalue weighted by Gasteiger charge is 2.28. The maximum atomic E-state index is 12.6. The van der Waals surface area contributed by atoms with Gasteiger partial charge in [0.05, 0.1) is 12.5 Å². The van der Waals surface area contributed by atoms with E-state index in [0.717, 1.165) is 5.56 Å². The first-order chi connectivity index (χ1) is 12.7. The van der Waals surface area contributed by atoms with Gasteiger partial charge in [0, 0.05) is 13.3 Å². The predicted octanol–water partition coefficient (Wildman–Crippen LogP) is 0.293. The molecule has 1 aromatic rings. The summed E-state index contributed by atoms with van der Waals surface area (Å²) in [7, 11) is 0. The van der Waals surface area contributed by atoms with Gasteiger partial charge in [-0.25, -0.2) is 0 Å². The molecule has 0 aliphatic rings. The average Bonchev–Trinajstić information content (AvgIpc) is 2.61. The fourth-order valence-corrected chi connectivity index (χ4v) is 2.56. The second kappa shape index (κ2) is 10.9. The van der Waals surface area contributed by atoms with Crippen molar-refractivity contribution in [3.63, 3.8) is 0 Å². The lowest BCUT2D eigenvalue weighted by atomic mass is 10.00. The summed E-state index contributed by atoms with van der Waals surface area (Å²) in [6.07, 6.45) is 0.267. The van der Waals surface area contributed by atoms with Crippen molar-refractivity contribution in [2.75, 3.05) is 6.61 Å². The summed E-state index contributed by atoms with van der Waals surface area (Å²) in [6, 6.07) is 7.23. The van der Waals surface area contributed by atoms with E-state index in [1.807, 2.05) is 30.3 Å². The normalized spacial score (nSPS) is 13.7. The van der Waals surface area contributed by atoms with Crippen LogP contribution < -0.4 is 16.4 Å². The molecule has 1 rings (SSSR count). The number of esters is 1. The molecular weight excluding hydrogens is 350 g/mol. The SMILES string of the molecule is CCOC(=O)[C@H](C)C[C@@H](NC(=O)[C@H](Cc1ccccc1)NC(C)=O)C(N)=O. The summed E-state index contributed by atoms with van der Waals surface area (Å²) in [5, 5.41) is 5.11. The highest BCUT2D eigenvalue weighted by atomic mass is 16.5. The molecule has 0 bridgehead atoms. The zero-order valence-electron chi connectivity index (χ0n) is 15.9. The van der Waals surface area contributed by atoms with Crippen LogP contribution in [0.1, 0.15) is 32.8 Å². The van der Waals surface area contributed by atoms with Crippen molar-refractivity contribution in [1.82, 2.24) is 10.6 Å². The molecule has 0 heterocycles. The number of benzene rings is 1. The van der Waals surface area contributed by atoms with E-state index in [2.05, 4.69) is 10.6 Å². The van der Waals surface area contributed by atoms with Crippen LogP contribution in [0.3, 0.4) is 0 Å². The van der Waals surface area contributed by atoms with Crippen molar-refractivity contribution in [1.29, 1.82) is 0 Å². The molecule has 0 saturated heterocycles. The summed E-state index contributed by atoms with van der Waals surface area (Å²) >= 11 is 0. The van der Waals surface area contributed by atoms with Crippen molar-refractivity contribution in [2.45, 2.75) is 45.7 Å². The highest BCUT2D eigenvalue weighted by Crippen LogP contribution is 2.10. The lowest BCUT2D eigenvalue weighted by Crippen LogP contribution is -2.54. The van der Waals surface area contributed by atoms with E-state index in [-0.39, 0.29) is 25.4 Å². The van der Waals surface area contributed by atoms with Crippen LogP contribution in [0.25, 0.3) is 0 Å². The fraction of sp³-hybridized carbons (Fsp3) is 0.474. The number of carbonyl (C=O) groups is 4. The second-order valence-corrected chi connectivity index (χ2v) is 6.30. The van der Waals surface area contributed by atoms with Crippen LogP contribution in [-0.4, -0.2) is 42.4 Å². The monoisotopic (exact) mass is 377 g/mol. The molecule has 3 amide bonds. The third kappa shape index (κ3) is 7.89. The molecule has 8 nitrogen and oxygen atoms in total. The van der Waals surface area contributed by atoms with Crippen LogP contribution >= 0.6 is 0 Å². The maximum Gasteiger partial charge on any atom is 0.308 e. The van der Waals surface area contributed by atoms with Gasteiger partial charge in [-0.3, -0.25) is 19.2 Å². The molecule has 1 aromatic carbocycles. The van der Waals surface area contributed by atoms with Gasteiger partial charge in [0.2, 0.25) is 17.7 Å². The minimum atomic E-state index is -1.05. The number of hydrogen-bond acceptors (Lipinski definition) is 5. The van der Waals surface area contributed by atoms with Crippen LogP contribution in [0.4, 0.5) is 0 Å². The quantitative estimate of drug-likeness (QED) is 0.505. The first-order valence-corrected chi connectivity index (χ1v) is 8.81. The molecule has 0 aliphatic carbocycles. The van der Waals surface area contributed by atoms with E-state index in [1.165, 1.54) is 6.92 Å². The summed E-state index contributed by atoms with van der Waals surface area (Å²) in [5.74, 6) is -2.77. The van der Waals surface area contributed by atoms with E-state index in [1.54, 1.807) is 13.8 Å². The van der Waals surface area contributed by atoms with E-state index in [4.69, 9.17) is 10.5 Å². The number of hydrogen-bond donors (Lipinski definition) is 3. The Hall–Kier alpha value is -2.90. The molecule has 4 N–H and O–H groups in total. The number of amides is 3. The molecule has 0 spiro atoms. The molecule has 0 fully saturated rings. The molecule has 0 saturated carbocycles. The molecule has 0 aromatic heterocycles. The topological polar surface area (TPSA) is 128 Å². The van der Waals surface area contributed by atoms with Crippen molar-refractivity contribution in [2.24, 2.45) is 11.7 Å². The molecule has 8 heteroatoms. The Balaban J connectivity index is 2.83. The van der Waals surface area contributed by atoms with Crippen LogP contribution in [0.2, 0.25) is 0 Å². The Morgan fingerprint density at radius 1 is 1.07 bits per heavy atom. The number of nitrogens with two attached hydrogens (primary N) is 1. The number of carbonyl (C=O) groups excluding carboxylic acids is 4. The minimum absolute atomic E-state index is 0.0119. The smallest absolute Gasteiger partial charge is 0.308 e. The van der Waals surface area contributed by atoms with Gasteiger partial charge in [0.1, 0.15) is 12.1 Å². The van der Waals surface area contributed by atoms with Crippen LogP contribution in [-0.2, 0) is 30.3 Å². The van der Waals surface area contributed by atoms with Gasteiger partial charge in [-0.15, -0.1) is 0 Å². The Morgan fingerprint density at radius 3 is 2.22 bits per heavy atom. The van der Waals surface area contributed by atoms with E-state index < -0.39 is 35.8 Å². The Morgan fingerprint density at radius 2 is 1.70 bits per heavy atom. The van der Waals surface area contributed by atoms with Crippen LogP contribution in [0.15, 0.2) is 30.3 Å². The summed E-state index contributed by atoms with van der Waals surface area (Å²) in [5.41, 5.74) is 6.22. The fourth-order valence-electron chi connectivity index (χ4n) is 2.56. The van der Waals surface area contributed by atoms with Crippen LogP contribution in [0.5, 0.6) is 0 Å². The van der Waals surface area contributed by atoms with Crippen molar-refractivity contribution in [3.8, 4) is 0 Å². The first kappa shape index (κ1) is 22.1. The molecule has 3 atom stereocenters. The number of rotatable bonds is 10.